The molecule has 0 N–H and O–H groups in total. The van der Waals surface area contributed by atoms with E-state index in [0.29, 0.717) is 17.9 Å². The zero-order valence-electron chi connectivity index (χ0n) is 13.2. The Morgan fingerprint density at radius 3 is 2.36 bits per heavy atom. The first-order valence-corrected chi connectivity index (χ1v) is 8.10. The molecule has 0 atom stereocenters. The van der Waals surface area contributed by atoms with Gasteiger partial charge in [-0.1, -0.05) is 12.8 Å². The number of amides is 1. The molecule has 0 radical (unpaired) electrons. The van der Waals surface area contributed by atoms with Crippen LogP contribution in [0.2, 0.25) is 0 Å². The minimum absolute atomic E-state index is 0.0893. The summed E-state index contributed by atoms with van der Waals surface area (Å²) < 4.78 is 12.8. The number of carbonyl (C=O) groups excluding carboxylic acids is 2. The first-order chi connectivity index (χ1) is 10.6. The van der Waals surface area contributed by atoms with E-state index in [1.807, 2.05) is 4.90 Å². The van der Waals surface area contributed by atoms with Crippen LogP contribution < -0.4 is 0 Å². The van der Waals surface area contributed by atoms with Crippen molar-refractivity contribution < 1.29 is 14.0 Å². The molecule has 120 valence electrons. The van der Waals surface area contributed by atoms with Crippen molar-refractivity contribution >= 4 is 11.7 Å². The van der Waals surface area contributed by atoms with Crippen LogP contribution in [0.5, 0.6) is 0 Å². The lowest BCUT2D eigenvalue weighted by molar-refractivity contribution is -0.130. The summed E-state index contributed by atoms with van der Waals surface area (Å²) in [4.78, 5) is 25.1. The Labute approximate surface area is 131 Å². The summed E-state index contributed by atoms with van der Waals surface area (Å²) in [5.74, 6) is 0.625. The highest BCUT2D eigenvalue weighted by molar-refractivity contribution is 5.95. The Morgan fingerprint density at radius 1 is 1.14 bits per heavy atom. The van der Waals surface area contributed by atoms with Crippen molar-refractivity contribution in [2.24, 2.45) is 5.92 Å². The third-order valence-corrected chi connectivity index (χ3v) is 4.49. The highest BCUT2D eigenvalue weighted by Gasteiger charge is 2.20. The molecular weight excluding hydrogens is 281 g/mol. The largest absolute Gasteiger partial charge is 0.343 e. The Kier molecular flexibility index (Phi) is 6.10. The molecule has 3 nitrogen and oxygen atoms in total. The SMILES string of the molecule is CC(=O)N1CCC(CCCCC(=O)c2ccc(F)cc2)CC1. The number of halogens is 1. The van der Waals surface area contributed by atoms with Gasteiger partial charge in [0.1, 0.15) is 5.82 Å². The standard InChI is InChI=1S/C18H24FNO2/c1-14(21)20-12-10-15(11-13-20)4-2-3-5-18(22)16-6-8-17(19)9-7-16/h6-9,15H,2-5,10-13H2,1H3. The van der Waals surface area contributed by atoms with E-state index in [4.69, 9.17) is 0 Å². The van der Waals surface area contributed by atoms with Gasteiger partial charge in [-0.25, -0.2) is 4.39 Å². The number of rotatable bonds is 6. The summed E-state index contributed by atoms with van der Waals surface area (Å²) in [6, 6.07) is 5.76. The molecule has 1 saturated heterocycles. The van der Waals surface area contributed by atoms with Crippen LogP contribution in [-0.4, -0.2) is 29.7 Å². The van der Waals surface area contributed by atoms with Gasteiger partial charge in [-0.3, -0.25) is 9.59 Å². The molecule has 22 heavy (non-hydrogen) atoms. The molecule has 0 saturated carbocycles. The van der Waals surface area contributed by atoms with Gasteiger partial charge in [0.2, 0.25) is 5.91 Å². The third kappa shape index (κ3) is 4.93. The minimum atomic E-state index is -0.312. The van der Waals surface area contributed by atoms with Crippen molar-refractivity contribution in [2.75, 3.05) is 13.1 Å². The second-order valence-corrected chi connectivity index (χ2v) is 6.13. The fourth-order valence-electron chi connectivity index (χ4n) is 3.04. The number of hydrogen-bond donors (Lipinski definition) is 0. The fraction of sp³-hybridized carbons (Fsp3) is 0.556. The van der Waals surface area contributed by atoms with E-state index in [1.54, 1.807) is 19.1 Å². The number of likely N-dealkylation sites (tertiary alicyclic amines) is 1. The van der Waals surface area contributed by atoms with Gasteiger partial charge in [-0.05, 0) is 49.4 Å². The number of ketones is 1. The number of hydrogen-bond acceptors (Lipinski definition) is 2. The van der Waals surface area contributed by atoms with Crippen molar-refractivity contribution in [3.63, 3.8) is 0 Å². The third-order valence-electron chi connectivity index (χ3n) is 4.49. The molecule has 2 rings (SSSR count). The molecule has 1 aromatic carbocycles. The van der Waals surface area contributed by atoms with E-state index in [1.165, 1.54) is 12.1 Å². The lowest BCUT2D eigenvalue weighted by Crippen LogP contribution is -2.36. The van der Waals surface area contributed by atoms with Crippen LogP contribution in [-0.2, 0) is 4.79 Å². The summed E-state index contributed by atoms with van der Waals surface area (Å²) in [5.41, 5.74) is 0.594. The number of nitrogens with zero attached hydrogens (tertiary/aromatic N) is 1. The minimum Gasteiger partial charge on any atom is -0.343 e. The Hall–Kier alpha value is -1.71. The zero-order chi connectivity index (χ0) is 15.9. The summed E-state index contributed by atoms with van der Waals surface area (Å²) >= 11 is 0. The second kappa shape index (κ2) is 8.06. The number of piperidine rings is 1. The predicted molar refractivity (Wildman–Crippen MR) is 84.2 cm³/mol. The number of Topliss-reactive ketones (excluding diaryl/α,β-unsaturated/α-hetero) is 1. The van der Waals surface area contributed by atoms with Gasteiger partial charge in [0.25, 0.3) is 0 Å². The maximum atomic E-state index is 12.8. The Balaban J connectivity index is 1.62. The molecule has 1 aromatic rings. The lowest BCUT2D eigenvalue weighted by atomic mass is 9.91. The molecule has 0 spiro atoms. The molecule has 0 bridgehead atoms. The number of benzene rings is 1. The van der Waals surface area contributed by atoms with E-state index in [-0.39, 0.29) is 17.5 Å². The van der Waals surface area contributed by atoms with Crippen molar-refractivity contribution in [1.82, 2.24) is 4.90 Å². The van der Waals surface area contributed by atoms with E-state index < -0.39 is 0 Å². The van der Waals surface area contributed by atoms with Gasteiger partial charge in [0.15, 0.2) is 5.78 Å². The topological polar surface area (TPSA) is 37.4 Å². The molecule has 1 aliphatic rings. The van der Waals surface area contributed by atoms with Crippen LogP contribution >= 0.6 is 0 Å². The van der Waals surface area contributed by atoms with Gasteiger partial charge in [0.05, 0.1) is 0 Å². The van der Waals surface area contributed by atoms with Crippen LogP contribution in [0.25, 0.3) is 0 Å². The predicted octanol–water partition coefficient (Wildman–Crippen LogP) is 3.83. The van der Waals surface area contributed by atoms with Crippen molar-refractivity contribution in [1.29, 1.82) is 0 Å². The van der Waals surface area contributed by atoms with Gasteiger partial charge in [0, 0.05) is 32.0 Å². The molecule has 1 aliphatic heterocycles. The van der Waals surface area contributed by atoms with E-state index >= 15 is 0 Å². The first-order valence-electron chi connectivity index (χ1n) is 8.10. The Morgan fingerprint density at radius 2 is 1.77 bits per heavy atom. The van der Waals surface area contributed by atoms with Gasteiger partial charge in [-0.2, -0.15) is 0 Å². The summed E-state index contributed by atoms with van der Waals surface area (Å²) in [6.07, 6.45) is 5.72. The Bertz CT molecular complexity index is 504. The molecule has 0 aromatic heterocycles. The van der Waals surface area contributed by atoms with E-state index in [2.05, 4.69) is 0 Å². The molecule has 1 fully saturated rings. The van der Waals surface area contributed by atoms with Crippen LogP contribution in [0, 0.1) is 11.7 Å². The van der Waals surface area contributed by atoms with Gasteiger partial charge < -0.3 is 4.90 Å². The highest BCUT2D eigenvalue weighted by Crippen LogP contribution is 2.23. The van der Waals surface area contributed by atoms with Crippen molar-refractivity contribution in [3.05, 3.63) is 35.6 Å². The second-order valence-electron chi connectivity index (χ2n) is 6.13. The van der Waals surface area contributed by atoms with Gasteiger partial charge in [-0.15, -0.1) is 0 Å². The summed E-state index contributed by atoms with van der Waals surface area (Å²) in [7, 11) is 0. The monoisotopic (exact) mass is 305 g/mol. The maximum absolute atomic E-state index is 12.8. The highest BCUT2D eigenvalue weighted by atomic mass is 19.1. The van der Waals surface area contributed by atoms with Crippen LogP contribution in [0.15, 0.2) is 24.3 Å². The lowest BCUT2D eigenvalue weighted by Gasteiger charge is -2.31. The van der Waals surface area contributed by atoms with Crippen LogP contribution in [0.4, 0.5) is 4.39 Å². The summed E-state index contributed by atoms with van der Waals surface area (Å²) in [6.45, 7) is 3.37. The quantitative estimate of drug-likeness (QED) is 0.592. The molecule has 1 heterocycles. The summed E-state index contributed by atoms with van der Waals surface area (Å²) in [5, 5.41) is 0. The number of carbonyl (C=O) groups is 2. The fourth-order valence-corrected chi connectivity index (χ4v) is 3.04. The van der Waals surface area contributed by atoms with E-state index in [9.17, 15) is 14.0 Å². The number of unbranched alkanes of at least 4 members (excludes halogenated alkanes) is 1. The zero-order valence-corrected chi connectivity index (χ0v) is 13.2. The normalized spacial score (nSPS) is 15.8. The van der Waals surface area contributed by atoms with Crippen molar-refractivity contribution in [3.8, 4) is 0 Å². The first kappa shape index (κ1) is 16.7. The molecule has 0 aliphatic carbocycles. The van der Waals surface area contributed by atoms with Gasteiger partial charge >= 0.3 is 0 Å². The van der Waals surface area contributed by atoms with Crippen LogP contribution in [0.1, 0.15) is 55.8 Å². The average Bonchev–Trinajstić information content (AvgIpc) is 2.52. The van der Waals surface area contributed by atoms with Crippen LogP contribution in [0.3, 0.4) is 0 Å². The molecule has 0 unspecified atom stereocenters. The smallest absolute Gasteiger partial charge is 0.219 e. The van der Waals surface area contributed by atoms with Crippen molar-refractivity contribution in [2.45, 2.75) is 45.4 Å². The average molecular weight is 305 g/mol. The molecular formula is C18H24FNO2. The maximum Gasteiger partial charge on any atom is 0.219 e. The molecule has 4 heteroatoms. The van der Waals surface area contributed by atoms with E-state index in [0.717, 1.165) is 45.2 Å². The molecule has 1 amide bonds.